The third-order valence-corrected chi connectivity index (χ3v) is 11.7. The van der Waals surface area contributed by atoms with E-state index in [1.54, 1.807) is 7.11 Å². The topological polar surface area (TPSA) is 113 Å². The van der Waals surface area contributed by atoms with Gasteiger partial charge in [-0.3, -0.25) is 0 Å². The molecule has 2 fully saturated rings. The molecule has 0 spiro atoms. The van der Waals surface area contributed by atoms with E-state index in [4.69, 9.17) is 47.4 Å². The predicted molar refractivity (Wildman–Crippen MR) is 247 cm³/mol. The Bertz CT molecular complexity index is 2220. The molecule has 10 atom stereocenters. The quantitative estimate of drug-likeness (QED) is 0.0668. The summed E-state index contributed by atoms with van der Waals surface area (Å²) < 4.78 is 65.9. The molecule has 0 amide bonds. The maximum Gasteiger partial charge on any atom is 0.186 e. The minimum absolute atomic E-state index is 0.0732. The fourth-order valence-electron chi connectivity index (χ4n) is 8.22. The zero-order valence-corrected chi connectivity index (χ0v) is 37.3. The molecule has 0 aliphatic carbocycles. The van der Waals surface area contributed by atoms with Crippen LogP contribution in [0.2, 0.25) is 0 Å². The molecule has 6 unspecified atom stereocenters. The van der Waals surface area contributed by atoms with Crippen LogP contribution in [-0.4, -0.2) is 86.8 Å². The zero-order valence-electron chi connectivity index (χ0n) is 37.3. The molecule has 0 aromatic heterocycles. The highest BCUT2D eigenvalue weighted by molar-refractivity contribution is 5.18. The summed E-state index contributed by atoms with van der Waals surface area (Å²) >= 11 is 0. The van der Waals surface area contributed by atoms with Gasteiger partial charge in [0.15, 0.2) is 12.6 Å². The molecule has 2 aliphatic heterocycles. The molecule has 1 N–H and O–H groups in total. The van der Waals surface area contributed by atoms with Crippen LogP contribution >= 0.6 is 0 Å². The normalized spacial score (nSPS) is 25.4. The first-order valence-corrected chi connectivity index (χ1v) is 22.6. The lowest BCUT2D eigenvalue weighted by molar-refractivity contribution is -0.346. The van der Waals surface area contributed by atoms with Crippen LogP contribution in [0.1, 0.15) is 33.4 Å². The summed E-state index contributed by atoms with van der Waals surface area (Å²) in [5.74, 6) is 0. The van der Waals surface area contributed by atoms with Crippen molar-refractivity contribution >= 4 is 0 Å². The summed E-state index contributed by atoms with van der Waals surface area (Å²) in [7, 11) is 1.58. The van der Waals surface area contributed by atoms with Gasteiger partial charge in [-0.25, -0.2) is 0 Å². The Morgan fingerprint density at radius 1 is 0.348 bits per heavy atom. The lowest BCUT2D eigenvalue weighted by atomic mass is 9.97. The maximum absolute atomic E-state index is 12.3. The largest absolute Gasteiger partial charge is 0.385 e. The molecule has 2 saturated heterocycles. The number of aliphatic hydroxyl groups is 1. The van der Waals surface area contributed by atoms with E-state index in [0.29, 0.717) is 13.2 Å². The molecule has 11 nitrogen and oxygen atoms in total. The van der Waals surface area contributed by atoms with Crippen molar-refractivity contribution in [3.05, 3.63) is 215 Å². The van der Waals surface area contributed by atoms with Crippen LogP contribution in [0, 0.1) is 0 Å². The molecule has 0 saturated carbocycles. The average molecular weight is 897 g/mol. The maximum atomic E-state index is 12.3. The lowest BCUT2D eigenvalue weighted by Crippen LogP contribution is -2.63. The third-order valence-electron chi connectivity index (χ3n) is 11.7. The molecule has 2 heterocycles. The van der Waals surface area contributed by atoms with Gasteiger partial charge in [0, 0.05) is 7.11 Å². The third kappa shape index (κ3) is 13.5. The summed E-state index contributed by atoms with van der Waals surface area (Å²) in [6, 6.07) is 59.5. The highest BCUT2D eigenvalue weighted by atomic mass is 16.7. The number of aliphatic hydroxyl groups excluding tert-OH is 1. The van der Waals surface area contributed by atoms with Crippen molar-refractivity contribution in [3.8, 4) is 0 Å². The molecule has 66 heavy (non-hydrogen) atoms. The zero-order chi connectivity index (χ0) is 45.2. The fourth-order valence-corrected chi connectivity index (χ4v) is 8.22. The number of hydrogen-bond donors (Lipinski definition) is 1. The van der Waals surface area contributed by atoms with Crippen LogP contribution < -0.4 is 0 Å². The second kappa shape index (κ2) is 25.1. The molecule has 6 aromatic rings. The number of hydrogen-bond acceptors (Lipinski definition) is 11. The van der Waals surface area contributed by atoms with Gasteiger partial charge in [-0.2, -0.15) is 0 Å². The Hall–Kier alpha value is -5.12. The molecular weight excluding hydrogens is 837 g/mol. The van der Waals surface area contributed by atoms with Crippen molar-refractivity contribution in [1.29, 1.82) is 0 Å². The van der Waals surface area contributed by atoms with Gasteiger partial charge in [-0.1, -0.05) is 182 Å². The average Bonchev–Trinajstić information content (AvgIpc) is 3.37. The van der Waals surface area contributed by atoms with E-state index in [0.717, 1.165) is 33.4 Å². The van der Waals surface area contributed by atoms with Crippen LogP contribution in [0.4, 0.5) is 0 Å². The first kappa shape index (κ1) is 47.4. The first-order valence-electron chi connectivity index (χ1n) is 22.6. The van der Waals surface area contributed by atoms with Crippen molar-refractivity contribution < 1.29 is 52.5 Å². The standard InChI is InChI=1S/C55H60O11/c1-57-55-53(63-37-45-30-18-7-19-31-45)52(62-36-44-28-16-6-17-29-44)50(60-34-42-24-12-4-13-25-42)47(66-55)39-64-54-48(56)51(61-35-43-26-14-5-15-27-43)49(59-33-41-22-10-3-11-23-41)46(65-54)38-58-32-40-20-8-2-9-21-40/h2-31,46-56H,32-39H2,1H3/t46?,47?,48?,49-,50-,51?,52?,53?,54-,55+/m1/s1. The van der Waals surface area contributed by atoms with Crippen molar-refractivity contribution in [3.63, 3.8) is 0 Å². The van der Waals surface area contributed by atoms with Gasteiger partial charge >= 0.3 is 0 Å². The van der Waals surface area contributed by atoms with Gasteiger partial charge < -0.3 is 52.5 Å². The number of ether oxygens (including phenoxy) is 10. The molecule has 2 aliphatic rings. The van der Waals surface area contributed by atoms with E-state index in [1.165, 1.54) is 0 Å². The van der Waals surface area contributed by atoms with Crippen LogP contribution in [0.5, 0.6) is 0 Å². The second-order valence-corrected chi connectivity index (χ2v) is 16.5. The Morgan fingerprint density at radius 3 is 1.08 bits per heavy atom. The van der Waals surface area contributed by atoms with Crippen LogP contribution in [-0.2, 0) is 87.0 Å². The van der Waals surface area contributed by atoms with E-state index >= 15 is 0 Å². The van der Waals surface area contributed by atoms with Crippen LogP contribution in [0.15, 0.2) is 182 Å². The minimum Gasteiger partial charge on any atom is -0.385 e. The van der Waals surface area contributed by atoms with Gasteiger partial charge in [-0.05, 0) is 33.4 Å². The summed E-state index contributed by atoms with van der Waals surface area (Å²) in [5, 5.41) is 12.3. The first-order chi connectivity index (χ1) is 32.6. The molecule has 11 heteroatoms. The SMILES string of the molecule is CO[C@H]1OC(CO[C@@H]2OC(COCc3ccccc3)[C@@H](OCc3ccccc3)C(OCc3ccccc3)C2O)[C@@H](OCc2ccccc2)C(OCc2ccccc2)C1OCc1ccccc1. The number of rotatable bonds is 23. The van der Waals surface area contributed by atoms with E-state index < -0.39 is 61.4 Å². The molecular formula is C55H60O11. The Kier molecular flexibility index (Phi) is 18.0. The highest BCUT2D eigenvalue weighted by Crippen LogP contribution is 2.34. The van der Waals surface area contributed by atoms with Gasteiger partial charge in [0.1, 0.15) is 48.8 Å². The van der Waals surface area contributed by atoms with Crippen molar-refractivity contribution in [2.75, 3.05) is 20.3 Å². The highest BCUT2D eigenvalue weighted by Gasteiger charge is 2.51. The molecule has 6 aromatic carbocycles. The molecule has 0 bridgehead atoms. The van der Waals surface area contributed by atoms with Gasteiger partial charge in [-0.15, -0.1) is 0 Å². The predicted octanol–water partition coefficient (Wildman–Crippen LogP) is 8.60. The van der Waals surface area contributed by atoms with Gasteiger partial charge in [0.25, 0.3) is 0 Å². The monoisotopic (exact) mass is 896 g/mol. The Labute approximate surface area is 388 Å². The van der Waals surface area contributed by atoms with E-state index in [-0.39, 0.29) is 39.6 Å². The molecule has 346 valence electrons. The summed E-state index contributed by atoms with van der Waals surface area (Å²) in [4.78, 5) is 0. The molecule has 8 rings (SSSR count). The minimum atomic E-state index is -1.28. The van der Waals surface area contributed by atoms with Gasteiger partial charge in [0.05, 0.1) is 52.9 Å². The van der Waals surface area contributed by atoms with E-state index in [1.807, 2.05) is 182 Å². The summed E-state index contributed by atoms with van der Waals surface area (Å²) in [6.07, 6.45) is -8.50. The molecule has 0 radical (unpaired) electrons. The van der Waals surface area contributed by atoms with E-state index in [9.17, 15) is 5.11 Å². The smallest absolute Gasteiger partial charge is 0.186 e. The van der Waals surface area contributed by atoms with Crippen molar-refractivity contribution in [2.24, 2.45) is 0 Å². The van der Waals surface area contributed by atoms with Crippen LogP contribution in [0.25, 0.3) is 0 Å². The van der Waals surface area contributed by atoms with Crippen molar-refractivity contribution in [2.45, 2.75) is 101 Å². The Balaban J connectivity index is 1.07. The van der Waals surface area contributed by atoms with Gasteiger partial charge in [0.2, 0.25) is 0 Å². The Morgan fingerprint density at radius 2 is 0.667 bits per heavy atom. The van der Waals surface area contributed by atoms with Crippen LogP contribution in [0.3, 0.4) is 0 Å². The number of methoxy groups -OCH3 is 1. The second-order valence-electron chi connectivity index (χ2n) is 16.5. The lowest BCUT2D eigenvalue weighted by Gasteiger charge is -2.47. The number of benzene rings is 6. The van der Waals surface area contributed by atoms with Crippen molar-refractivity contribution in [1.82, 2.24) is 0 Å². The summed E-state index contributed by atoms with van der Waals surface area (Å²) in [5.41, 5.74) is 5.87. The summed E-state index contributed by atoms with van der Waals surface area (Å²) in [6.45, 7) is 1.74. The van der Waals surface area contributed by atoms with E-state index in [2.05, 4.69) is 0 Å². The fraction of sp³-hybridized carbons (Fsp3) is 0.345.